The van der Waals surface area contributed by atoms with Gasteiger partial charge in [0.2, 0.25) is 0 Å². The largest absolute Gasteiger partial charge is 0.383 e. The van der Waals surface area contributed by atoms with E-state index in [4.69, 9.17) is 16.3 Å². The summed E-state index contributed by atoms with van der Waals surface area (Å²) in [5.74, 6) is -0.154. The van der Waals surface area contributed by atoms with Crippen LogP contribution in [0.4, 0.5) is 0 Å². The number of nitrogens with zero attached hydrogens (tertiary/aromatic N) is 2. The second-order valence-electron chi connectivity index (χ2n) is 4.55. The molecule has 5 heteroatoms. The Morgan fingerprint density at radius 3 is 2.62 bits per heavy atom. The van der Waals surface area contributed by atoms with Crippen LogP contribution in [0.3, 0.4) is 0 Å². The van der Waals surface area contributed by atoms with Crippen LogP contribution in [0.15, 0.2) is 48.5 Å². The normalized spacial score (nSPS) is 10.4. The van der Waals surface area contributed by atoms with E-state index in [1.807, 2.05) is 30.3 Å². The van der Waals surface area contributed by atoms with Crippen molar-refractivity contribution in [3.63, 3.8) is 0 Å². The predicted octanol–water partition coefficient (Wildman–Crippen LogP) is 3.02. The zero-order valence-corrected chi connectivity index (χ0v) is 12.6. The standard InChI is InChI=1S/C16H17ClN2O2/c1-21-11-10-19(12-13-6-3-2-4-7-13)16(20)14-8-5-9-15(17)18-14/h2-9H,10-12H2,1H3. The van der Waals surface area contributed by atoms with Crippen molar-refractivity contribution in [2.24, 2.45) is 0 Å². The lowest BCUT2D eigenvalue weighted by molar-refractivity contribution is 0.0674. The first kappa shape index (κ1) is 15.5. The van der Waals surface area contributed by atoms with Crippen LogP contribution in [-0.4, -0.2) is 36.1 Å². The molecule has 0 fully saturated rings. The third-order valence-corrected chi connectivity index (χ3v) is 3.21. The highest BCUT2D eigenvalue weighted by molar-refractivity contribution is 6.29. The number of methoxy groups -OCH3 is 1. The molecule has 2 aromatic rings. The maximum Gasteiger partial charge on any atom is 0.272 e. The molecule has 0 atom stereocenters. The summed E-state index contributed by atoms with van der Waals surface area (Å²) in [5.41, 5.74) is 1.40. The molecule has 1 aromatic heterocycles. The van der Waals surface area contributed by atoms with Crippen molar-refractivity contribution in [3.8, 4) is 0 Å². The van der Waals surface area contributed by atoms with Gasteiger partial charge in [0.05, 0.1) is 6.61 Å². The van der Waals surface area contributed by atoms with Crippen molar-refractivity contribution >= 4 is 17.5 Å². The number of halogens is 1. The van der Waals surface area contributed by atoms with Gasteiger partial charge in [0.1, 0.15) is 10.8 Å². The van der Waals surface area contributed by atoms with Gasteiger partial charge in [-0.3, -0.25) is 4.79 Å². The first-order valence-electron chi connectivity index (χ1n) is 6.65. The van der Waals surface area contributed by atoms with Gasteiger partial charge in [0.15, 0.2) is 0 Å². The summed E-state index contributed by atoms with van der Waals surface area (Å²) in [4.78, 5) is 18.3. The maximum atomic E-state index is 12.6. The van der Waals surface area contributed by atoms with Gasteiger partial charge in [-0.05, 0) is 17.7 Å². The molecule has 0 bridgehead atoms. The van der Waals surface area contributed by atoms with Crippen molar-refractivity contribution in [1.82, 2.24) is 9.88 Å². The lowest BCUT2D eigenvalue weighted by Crippen LogP contribution is -2.34. The minimum atomic E-state index is -0.154. The molecule has 0 saturated carbocycles. The van der Waals surface area contributed by atoms with Gasteiger partial charge in [-0.2, -0.15) is 0 Å². The summed E-state index contributed by atoms with van der Waals surface area (Å²) in [7, 11) is 1.61. The third-order valence-electron chi connectivity index (χ3n) is 3.00. The Labute approximate surface area is 129 Å². The molecular formula is C16H17ClN2O2. The van der Waals surface area contributed by atoms with Crippen molar-refractivity contribution in [2.45, 2.75) is 6.54 Å². The van der Waals surface area contributed by atoms with Crippen LogP contribution in [0.1, 0.15) is 16.1 Å². The minimum absolute atomic E-state index is 0.154. The average molecular weight is 305 g/mol. The van der Waals surface area contributed by atoms with Crippen molar-refractivity contribution < 1.29 is 9.53 Å². The fourth-order valence-electron chi connectivity index (χ4n) is 1.95. The summed E-state index contributed by atoms with van der Waals surface area (Å²) < 4.78 is 5.08. The predicted molar refractivity (Wildman–Crippen MR) is 82.3 cm³/mol. The molecule has 1 aromatic carbocycles. The van der Waals surface area contributed by atoms with Gasteiger partial charge in [-0.25, -0.2) is 4.98 Å². The van der Waals surface area contributed by atoms with E-state index < -0.39 is 0 Å². The van der Waals surface area contributed by atoms with E-state index in [0.29, 0.717) is 30.5 Å². The Hall–Kier alpha value is -1.91. The molecule has 21 heavy (non-hydrogen) atoms. The van der Waals surface area contributed by atoms with Gasteiger partial charge in [-0.1, -0.05) is 48.0 Å². The number of pyridine rings is 1. The van der Waals surface area contributed by atoms with Crippen LogP contribution in [0.5, 0.6) is 0 Å². The fourth-order valence-corrected chi connectivity index (χ4v) is 2.11. The van der Waals surface area contributed by atoms with Crippen LogP contribution in [-0.2, 0) is 11.3 Å². The second kappa shape index (κ2) is 7.76. The van der Waals surface area contributed by atoms with E-state index in [9.17, 15) is 4.79 Å². The molecule has 0 N–H and O–H groups in total. The van der Waals surface area contributed by atoms with E-state index in [0.717, 1.165) is 5.56 Å². The fraction of sp³-hybridized carbons (Fsp3) is 0.250. The Balaban J connectivity index is 2.17. The van der Waals surface area contributed by atoms with E-state index in [1.165, 1.54) is 0 Å². The number of amides is 1. The van der Waals surface area contributed by atoms with Crippen LogP contribution in [0.25, 0.3) is 0 Å². The zero-order chi connectivity index (χ0) is 15.1. The SMILES string of the molecule is COCCN(Cc1ccccc1)C(=O)c1cccc(Cl)n1. The van der Waals surface area contributed by atoms with E-state index >= 15 is 0 Å². The Kier molecular flexibility index (Phi) is 5.72. The van der Waals surface area contributed by atoms with Gasteiger partial charge in [-0.15, -0.1) is 0 Å². The van der Waals surface area contributed by atoms with Crippen LogP contribution in [0.2, 0.25) is 5.15 Å². The molecule has 0 radical (unpaired) electrons. The molecule has 0 aliphatic rings. The number of benzene rings is 1. The number of hydrogen-bond acceptors (Lipinski definition) is 3. The first-order valence-corrected chi connectivity index (χ1v) is 7.03. The van der Waals surface area contributed by atoms with Gasteiger partial charge in [0, 0.05) is 20.2 Å². The van der Waals surface area contributed by atoms with Crippen LogP contribution < -0.4 is 0 Å². The molecule has 0 aliphatic carbocycles. The van der Waals surface area contributed by atoms with Gasteiger partial charge in [0.25, 0.3) is 5.91 Å². The molecule has 0 saturated heterocycles. The monoisotopic (exact) mass is 304 g/mol. The number of aromatic nitrogens is 1. The molecule has 1 heterocycles. The number of rotatable bonds is 6. The Bertz CT molecular complexity index is 590. The highest BCUT2D eigenvalue weighted by Crippen LogP contribution is 2.11. The molecule has 2 rings (SSSR count). The minimum Gasteiger partial charge on any atom is -0.383 e. The lowest BCUT2D eigenvalue weighted by atomic mass is 10.2. The van der Waals surface area contributed by atoms with Crippen molar-refractivity contribution in [1.29, 1.82) is 0 Å². The quantitative estimate of drug-likeness (QED) is 0.770. The number of carbonyl (C=O) groups excluding carboxylic acids is 1. The number of ether oxygens (including phenoxy) is 1. The first-order chi connectivity index (χ1) is 10.2. The summed E-state index contributed by atoms with van der Waals surface area (Å²) in [6, 6.07) is 14.9. The molecule has 110 valence electrons. The molecule has 0 spiro atoms. The van der Waals surface area contributed by atoms with Crippen molar-refractivity contribution in [2.75, 3.05) is 20.3 Å². The zero-order valence-electron chi connectivity index (χ0n) is 11.8. The smallest absolute Gasteiger partial charge is 0.272 e. The maximum absolute atomic E-state index is 12.6. The molecule has 0 aliphatic heterocycles. The van der Waals surface area contributed by atoms with E-state index in [1.54, 1.807) is 30.2 Å². The molecule has 4 nitrogen and oxygen atoms in total. The summed E-state index contributed by atoms with van der Waals surface area (Å²) in [6.45, 7) is 1.48. The van der Waals surface area contributed by atoms with Gasteiger partial charge >= 0.3 is 0 Å². The number of carbonyl (C=O) groups is 1. The number of hydrogen-bond donors (Lipinski definition) is 0. The Morgan fingerprint density at radius 1 is 1.19 bits per heavy atom. The van der Waals surface area contributed by atoms with Crippen molar-refractivity contribution in [3.05, 3.63) is 64.9 Å². The third kappa shape index (κ3) is 4.55. The Morgan fingerprint density at radius 2 is 1.95 bits per heavy atom. The molecule has 1 amide bonds. The van der Waals surface area contributed by atoms with Crippen LogP contribution in [0, 0.1) is 0 Å². The lowest BCUT2D eigenvalue weighted by Gasteiger charge is -2.22. The second-order valence-corrected chi connectivity index (χ2v) is 4.94. The summed E-state index contributed by atoms with van der Waals surface area (Å²) in [5, 5.41) is 0.312. The molecular weight excluding hydrogens is 288 g/mol. The highest BCUT2D eigenvalue weighted by atomic mass is 35.5. The van der Waals surface area contributed by atoms with Gasteiger partial charge < -0.3 is 9.64 Å². The summed E-state index contributed by atoms with van der Waals surface area (Å²) in [6.07, 6.45) is 0. The average Bonchev–Trinajstić information content (AvgIpc) is 2.51. The highest BCUT2D eigenvalue weighted by Gasteiger charge is 2.17. The van der Waals surface area contributed by atoms with E-state index in [-0.39, 0.29) is 5.91 Å². The topological polar surface area (TPSA) is 42.4 Å². The van der Waals surface area contributed by atoms with E-state index in [2.05, 4.69) is 4.98 Å². The summed E-state index contributed by atoms with van der Waals surface area (Å²) >= 11 is 5.85. The van der Waals surface area contributed by atoms with Crippen LogP contribution >= 0.6 is 11.6 Å². The molecule has 0 unspecified atom stereocenters.